The molecule has 1 heterocycles. The number of aliphatic hydroxyl groups is 1. The van der Waals surface area contributed by atoms with E-state index in [1.807, 2.05) is 68.4 Å². The van der Waals surface area contributed by atoms with Crippen molar-refractivity contribution in [3.63, 3.8) is 0 Å². The van der Waals surface area contributed by atoms with E-state index in [-0.39, 0.29) is 62.9 Å². The summed E-state index contributed by atoms with van der Waals surface area (Å²) in [6.45, 7) is 11.3. The number of ether oxygens (including phenoxy) is 2. The average Bonchev–Trinajstić information content (AvgIpc) is 3.04. The third-order valence-electron chi connectivity index (χ3n) is 7.86. The van der Waals surface area contributed by atoms with Crippen LogP contribution in [0.4, 0.5) is 4.79 Å². The number of carbonyl (C=O) groups excluding carboxylic acids is 4. The van der Waals surface area contributed by atoms with Gasteiger partial charge in [0.1, 0.15) is 19.3 Å². The molecule has 45 heavy (non-hydrogen) atoms. The van der Waals surface area contributed by atoms with E-state index in [0.717, 1.165) is 16.7 Å². The van der Waals surface area contributed by atoms with Crippen LogP contribution in [0.2, 0.25) is 0 Å². The number of alkyl carbamates (subject to hydrolysis) is 1. The molecular weight excluding hydrogens is 574 g/mol. The maximum atomic E-state index is 13.4. The summed E-state index contributed by atoms with van der Waals surface area (Å²) >= 11 is 0. The van der Waals surface area contributed by atoms with Gasteiger partial charge < -0.3 is 30.1 Å². The number of nitrogens with zero attached hydrogens (tertiary/aromatic N) is 1. The number of amides is 3. The van der Waals surface area contributed by atoms with Crippen LogP contribution in [0.5, 0.6) is 0 Å². The predicted molar refractivity (Wildman–Crippen MR) is 171 cm³/mol. The van der Waals surface area contributed by atoms with Crippen molar-refractivity contribution < 1.29 is 33.8 Å². The van der Waals surface area contributed by atoms with Gasteiger partial charge in [0.05, 0.1) is 24.6 Å². The van der Waals surface area contributed by atoms with Gasteiger partial charge in [-0.1, -0.05) is 80.6 Å². The van der Waals surface area contributed by atoms with Gasteiger partial charge in [0.25, 0.3) is 0 Å². The molecule has 2 aromatic carbocycles. The van der Waals surface area contributed by atoms with Gasteiger partial charge in [0.2, 0.25) is 11.8 Å². The molecule has 0 spiro atoms. The maximum Gasteiger partial charge on any atom is 0.408 e. The largest absolute Gasteiger partial charge is 0.462 e. The van der Waals surface area contributed by atoms with Crippen LogP contribution < -0.4 is 10.6 Å². The Morgan fingerprint density at radius 2 is 1.62 bits per heavy atom. The average molecular weight is 620 g/mol. The topological polar surface area (TPSA) is 134 Å². The number of carbonyl (C=O) groups is 4. The van der Waals surface area contributed by atoms with Crippen LogP contribution >= 0.6 is 0 Å². The zero-order chi connectivity index (χ0) is 32.8. The Balaban J connectivity index is 1.57. The highest BCUT2D eigenvalue weighted by Crippen LogP contribution is 2.25. The van der Waals surface area contributed by atoms with E-state index >= 15 is 0 Å². The second-order valence-electron chi connectivity index (χ2n) is 11.5. The van der Waals surface area contributed by atoms with Crippen molar-refractivity contribution in [1.29, 1.82) is 0 Å². The molecule has 4 atom stereocenters. The SMILES string of the molecule is C=CC[C@H](CC(=O)N1Cc2ccccc2C[C@H]1CO)C(=O)N[C@H](COC(=O)[C@@H](CC=C)NC(=O)OCc1ccccc1)C(C)C. The molecule has 3 N–H and O–H groups in total. The van der Waals surface area contributed by atoms with E-state index in [1.54, 1.807) is 11.0 Å². The molecule has 0 radical (unpaired) electrons. The monoisotopic (exact) mass is 619 g/mol. The molecule has 3 amide bonds. The first-order valence-electron chi connectivity index (χ1n) is 15.3. The number of fused-ring (bicyclic) bond motifs is 1. The van der Waals surface area contributed by atoms with Crippen molar-refractivity contribution in [3.8, 4) is 0 Å². The highest BCUT2D eigenvalue weighted by Gasteiger charge is 2.33. The molecule has 0 aromatic heterocycles. The molecule has 3 rings (SSSR count). The molecule has 1 aliphatic heterocycles. The van der Waals surface area contributed by atoms with E-state index < -0.39 is 30.1 Å². The van der Waals surface area contributed by atoms with E-state index in [1.165, 1.54) is 6.08 Å². The number of nitrogens with one attached hydrogen (secondary N) is 2. The van der Waals surface area contributed by atoms with Crippen LogP contribution in [-0.4, -0.2) is 65.2 Å². The molecule has 0 fully saturated rings. The van der Waals surface area contributed by atoms with Gasteiger partial charge in [-0.25, -0.2) is 9.59 Å². The smallest absolute Gasteiger partial charge is 0.408 e. The Bertz CT molecular complexity index is 1310. The molecule has 10 nitrogen and oxygen atoms in total. The van der Waals surface area contributed by atoms with Crippen molar-refractivity contribution in [1.82, 2.24) is 15.5 Å². The molecule has 0 aliphatic carbocycles. The summed E-state index contributed by atoms with van der Waals surface area (Å²) in [6, 6.07) is 15.0. The number of aliphatic hydroxyl groups excluding tert-OH is 1. The first-order chi connectivity index (χ1) is 21.7. The van der Waals surface area contributed by atoms with Crippen LogP contribution in [0.1, 0.15) is 49.8 Å². The first kappa shape index (κ1) is 35.0. The molecule has 0 saturated heterocycles. The summed E-state index contributed by atoms with van der Waals surface area (Å²) in [7, 11) is 0. The molecule has 0 saturated carbocycles. The van der Waals surface area contributed by atoms with Crippen molar-refractivity contribution in [2.75, 3.05) is 13.2 Å². The number of rotatable bonds is 16. The number of benzene rings is 2. The number of hydrogen-bond donors (Lipinski definition) is 3. The summed E-state index contributed by atoms with van der Waals surface area (Å²) in [6.07, 6.45) is 3.20. The van der Waals surface area contributed by atoms with Gasteiger partial charge in [-0.3, -0.25) is 9.59 Å². The summed E-state index contributed by atoms with van der Waals surface area (Å²) in [4.78, 5) is 53.8. The second-order valence-corrected chi connectivity index (χ2v) is 11.5. The molecule has 10 heteroatoms. The first-order valence-corrected chi connectivity index (χ1v) is 15.3. The minimum Gasteiger partial charge on any atom is -0.462 e. The van der Waals surface area contributed by atoms with Gasteiger partial charge in [-0.05, 0) is 41.9 Å². The predicted octanol–water partition coefficient (Wildman–Crippen LogP) is 4.07. The Hall–Kier alpha value is -4.44. The third kappa shape index (κ3) is 10.6. The van der Waals surface area contributed by atoms with E-state index in [2.05, 4.69) is 23.8 Å². The van der Waals surface area contributed by atoms with Crippen LogP contribution in [0.25, 0.3) is 0 Å². The fraction of sp³-hybridized carbons (Fsp3) is 0.429. The van der Waals surface area contributed by atoms with E-state index in [0.29, 0.717) is 13.0 Å². The van der Waals surface area contributed by atoms with Crippen molar-refractivity contribution in [3.05, 3.63) is 96.6 Å². The summed E-state index contributed by atoms with van der Waals surface area (Å²) in [5.41, 5.74) is 2.93. The minimum atomic E-state index is -1.02. The van der Waals surface area contributed by atoms with Gasteiger partial charge >= 0.3 is 12.1 Å². The van der Waals surface area contributed by atoms with Crippen LogP contribution in [0.3, 0.4) is 0 Å². The van der Waals surface area contributed by atoms with Crippen LogP contribution in [0.15, 0.2) is 79.9 Å². The molecule has 1 aliphatic rings. The fourth-order valence-corrected chi connectivity index (χ4v) is 5.12. The van der Waals surface area contributed by atoms with Gasteiger partial charge in [0, 0.05) is 13.0 Å². The number of esters is 1. The van der Waals surface area contributed by atoms with Crippen molar-refractivity contribution >= 4 is 23.9 Å². The van der Waals surface area contributed by atoms with Crippen LogP contribution in [-0.2, 0) is 43.4 Å². The quantitative estimate of drug-likeness (QED) is 0.191. The second kappa shape index (κ2) is 17.8. The summed E-state index contributed by atoms with van der Waals surface area (Å²) < 4.78 is 10.8. The lowest BCUT2D eigenvalue weighted by Gasteiger charge is -2.36. The minimum absolute atomic E-state index is 0.0457. The van der Waals surface area contributed by atoms with Crippen molar-refractivity contribution in [2.45, 2.75) is 70.8 Å². The van der Waals surface area contributed by atoms with Crippen LogP contribution in [0, 0.1) is 11.8 Å². The molecule has 0 bridgehead atoms. The highest BCUT2D eigenvalue weighted by atomic mass is 16.6. The summed E-state index contributed by atoms with van der Waals surface area (Å²) in [5.74, 6) is -2.08. The van der Waals surface area contributed by atoms with E-state index in [9.17, 15) is 24.3 Å². The Morgan fingerprint density at radius 1 is 0.956 bits per heavy atom. The number of hydrogen-bond acceptors (Lipinski definition) is 7. The maximum absolute atomic E-state index is 13.4. The molecule has 2 aromatic rings. The van der Waals surface area contributed by atoms with Gasteiger partial charge in [0.15, 0.2) is 0 Å². The number of allylic oxidation sites excluding steroid dienone is 1. The lowest BCUT2D eigenvalue weighted by molar-refractivity contribution is -0.148. The lowest BCUT2D eigenvalue weighted by Crippen LogP contribution is -2.49. The Kier molecular flexibility index (Phi) is 13.8. The zero-order valence-electron chi connectivity index (χ0n) is 26.2. The Labute approximate surface area is 265 Å². The lowest BCUT2D eigenvalue weighted by atomic mass is 9.92. The van der Waals surface area contributed by atoms with Crippen molar-refractivity contribution in [2.24, 2.45) is 11.8 Å². The molecule has 242 valence electrons. The normalized spacial score (nSPS) is 16.0. The standard InChI is InChI=1S/C35H45N3O7/c1-5-12-27(19-32(40)38-20-28-17-11-10-16-26(28)18-29(38)21-39)33(41)36-31(24(3)4)23-44-34(42)30(13-6-2)37-35(43)45-22-25-14-8-7-9-15-25/h5-11,14-17,24,27,29-31,39H,1-2,12-13,18-23H2,3-4H3,(H,36,41)(H,37,43)/t27-,29+,30-,31-/m1/s1. The zero-order valence-corrected chi connectivity index (χ0v) is 26.2. The summed E-state index contributed by atoms with van der Waals surface area (Å²) in [5, 5.41) is 15.5. The molecule has 0 unspecified atom stereocenters. The van der Waals surface area contributed by atoms with Gasteiger partial charge in [-0.15, -0.1) is 13.2 Å². The fourth-order valence-electron chi connectivity index (χ4n) is 5.12. The van der Waals surface area contributed by atoms with Gasteiger partial charge in [-0.2, -0.15) is 0 Å². The van der Waals surface area contributed by atoms with E-state index in [4.69, 9.17) is 9.47 Å². The third-order valence-corrected chi connectivity index (χ3v) is 7.86. The molecular formula is C35H45N3O7. The Morgan fingerprint density at radius 3 is 2.27 bits per heavy atom. The highest BCUT2D eigenvalue weighted by molar-refractivity contribution is 5.86.